The molecular weight excluding hydrogens is 308 g/mol. The minimum atomic E-state index is 0.0688. The molecule has 2 heterocycles. The molecule has 124 valence electrons. The summed E-state index contributed by atoms with van der Waals surface area (Å²) < 4.78 is 0. The normalized spacial score (nSPS) is 17.4. The first kappa shape index (κ1) is 15.6. The van der Waals surface area contributed by atoms with Gasteiger partial charge in [0, 0.05) is 29.8 Å². The molecule has 1 aliphatic heterocycles. The Morgan fingerprint density at radius 3 is 2.76 bits per heavy atom. The predicted octanol–water partition coefficient (Wildman–Crippen LogP) is 4.61. The number of para-hydroxylation sites is 1. The van der Waals surface area contributed by atoms with Crippen molar-refractivity contribution in [1.29, 1.82) is 0 Å². The number of aromatic nitrogens is 1. The first-order valence-corrected chi connectivity index (χ1v) is 8.70. The molecule has 1 atom stereocenters. The summed E-state index contributed by atoms with van der Waals surface area (Å²) in [5, 5.41) is 1.08. The summed E-state index contributed by atoms with van der Waals surface area (Å²) in [7, 11) is 0. The van der Waals surface area contributed by atoms with E-state index in [-0.39, 0.29) is 11.9 Å². The maximum Gasteiger partial charge on any atom is 0.247 e. The molecule has 0 bridgehead atoms. The van der Waals surface area contributed by atoms with E-state index in [1.165, 1.54) is 5.56 Å². The van der Waals surface area contributed by atoms with Crippen LogP contribution in [0.2, 0.25) is 0 Å². The Bertz CT molecular complexity index is 912. The van der Waals surface area contributed by atoms with Gasteiger partial charge in [-0.25, -0.2) is 0 Å². The van der Waals surface area contributed by atoms with Crippen LogP contribution in [0.5, 0.6) is 0 Å². The zero-order valence-electron chi connectivity index (χ0n) is 14.0. The van der Waals surface area contributed by atoms with Gasteiger partial charge in [0.2, 0.25) is 5.91 Å². The van der Waals surface area contributed by atoms with E-state index in [0.29, 0.717) is 0 Å². The Morgan fingerprint density at radius 1 is 1.04 bits per heavy atom. The molecule has 1 aromatic heterocycles. The van der Waals surface area contributed by atoms with Crippen LogP contribution in [0.1, 0.15) is 30.0 Å². The average molecular weight is 328 g/mol. The highest BCUT2D eigenvalue weighted by Gasteiger charge is 2.28. The van der Waals surface area contributed by atoms with Crippen LogP contribution in [-0.2, 0) is 4.79 Å². The molecule has 0 aliphatic carbocycles. The Morgan fingerprint density at radius 2 is 1.88 bits per heavy atom. The molecule has 1 aliphatic rings. The lowest BCUT2D eigenvalue weighted by atomic mass is 10.0. The van der Waals surface area contributed by atoms with Gasteiger partial charge in [-0.3, -0.25) is 9.78 Å². The van der Waals surface area contributed by atoms with E-state index in [9.17, 15) is 4.79 Å². The zero-order valence-corrected chi connectivity index (χ0v) is 14.0. The van der Waals surface area contributed by atoms with Crippen molar-refractivity contribution in [3.63, 3.8) is 0 Å². The smallest absolute Gasteiger partial charge is 0.247 e. The number of pyridine rings is 1. The summed E-state index contributed by atoms with van der Waals surface area (Å²) in [5.41, 5.74) is 3.12. The third-order valence-corrected chi connectivity index (χ3v) is 4.79. The van der Waals surface area contributed by atoms with Gasteiger partial charge in [-0.05, 0) is 30.5 Å². The largest absolute Gasteiger partial charge is 0.332 e. The molecule has 1 amide bonds. The molecule has 3 aromatic rings. The van der Waals surface area contributed by atoms with Gasteiger partial charge in [0.15, 0.2) is 0 Å². The molecule has 0 saturated carbocycles. The second-order valence-electron chi connectivity index (χ2n) is 6.36. The summed E-state index contributed by atoms with van der Waals surface area (Å²) in [5.74, 6) is 0.0688. The van der Waals surface area contributed by atoms with E-state index < -0.39 is 0 Å². The Hall–Kier alpha value is -2.94. The van der Waals surface area contributed by atoms with Gasteiger partial charge in [0.1, 0.15) is 0 Å². The topological polar surface area (TPSA) is 33.2 Å². The van der Waals surface area contributed by atoms with Crippen molar-refractivity contribution in [2.24, 2.45) is 0 Å². The van der Waals surface area contributed by atoms with Gasteiger partial charge < -0.3 is 4.90 Å². The van der Waals surface area contributed by atoms with Crippen LogP contribution in [0, 0.1) is 0 Å². The number of rotatable bonds is 3. The molecule has 2 aromatic carbocycles. The van der Waals surface area contributed by atoms with Crippen LogP contribution in [0.4, 0.5) is 0 Å². The predicted molar refractivity (Wildman–Crippen MR) is 101 cm³/mol. The average Bonchev–Trinajstić information content (AvgIpc) is 3.17. The van der Waals surface area contributed by atoms with Gasteiger partial charge in [-0.15, -0.1) is 0 Å². The van der Waals surface area contributed by atoms with Gasteiger partial charge in [-0.2, -0.15) is 0 Å². The summed E-state index contributed by atoms with van der Waals surface area (Å²) in [6, 6.07) is 20.5. The van der Waals surface area contributed by atoms with Crippen LogP contribution >= 0.6 is 0 Å². The molecule has 1 unspecified atom stereocenters. The van der Waals surface area contributed by atoms with Gasteiger partial charge in [0.05, 0.1) is 11.6 Å². The lowest BCUT2D eigenvalue weighted by molar-refractivity contribution is -0.126. The third-order valence-electron chi connectivity index (χ3n) is 4.79. The van der Waals surface area contributed by atoms with Crippen LogP contribution in [0.3, 0.4) is 0 Å². The number of benzene rings is 2. The molecule has 1 fully saturated rings. The fourth-order valence-electron chi connectivity index (χ4n) is 3.57. The van der Waals surface area contributed by atoms with E-state index in [4.69, 9.17) is 0 Å². The first-order chi connectivity index (χ1) is 12.3. The molecule has 3 heteroatoms. The second-order valence-corrected chi connectivity index (χ2v) is 6.36. The maximum atomic E-state index is 12.8. The number of amides is 1. The number of hydrogen-bond acceptors (Lipinski definition) is 2. The maximum absolute atomic E-state index is 12.8. The standard InChI is InChI=1S/C22H20N2O/c25-21(24-16-6-12-20(24)17-7-2-1-3-8-17)14-13-19-10-4-9-18-11-5-15-23-22(18)19/h1-5,7-11,13-15,20H,6,12,16H2/b14-13+. The first-order valence-electron chi connectivity index (χ1n) is 8.70. The monoisotopic (exact) mass is 328 g/mol. The quantitative estimate of drug-likeness (QED) is 0.658. The highest BCUT2D eigenvalue weighted by Crippen LogP contribution is 2.32. The molecule has 0 spiro atoms. The fourth-order valence-corrected chi connectivity index (χ4v) is 3.57. The van der Waals surface area contributed by atoms with E-state index in [1.54, 1.807) is 12.3 Å². The van der Waals surface area contributed by atoms with Crippen molar-refractivity contribution in [2.45, 2.75) is 18.9 Å². The van der Waals surface area contributed by atoms with Gasteiger partial charge >= 0.3 is 0 Å². The number of likely N-dealkylation sites (tertiary alicyclic amines) is 1. The number of nitrogens with zero attached hydrogens (tertiary/aromatic N) is 2. The summed E-state index contributed by atoms with van der Waals surface area (Å²) in [6.07, 6.45) is 7.44. The minimum Gasteiger partial charge on any atom is -0.332 e. The molecule has 25 heavy (non-hydrogen) atoms. The summed E-state index contributed by atoms with van der Waals surface area (Å²) in [4.78, 5) is 19.2. The molecule has 0 radical (unpaired) electrons. The summed E-state index contributed by atoms with van der Waals surface area (Å²) in [6.45, 7) is 0.816. The van der Waals surface area contributed by atoms with Crippen LogP contribution in [0.25, 0.3) is 17.0 Å². The van der Waals surface area contributed by atoms with Crippen molar-refractivity contribution < 1.29 is 4.79 Å². The van der Waals surface area contributed by atoms with Crippen molar-refractivity contribution in [2.75, 3.05) is 6.54 Å². The lowest BCUT2D eigenvalue weighted by Crippen LogP contribution is -2.28. The Kier molecular flexibility index (Phi) is 4.30. The molecule has 3 nitrogen and oxygen atoms in total. The lowest BCUT2D eigenvalue weighted by Gasteiger charge is -2.23. The number of fused-ring (bicyclic) bond motifs is 1. The third kappa shape index (κ3) is 3.18. The van der Waals surface area contributed by atoms with E-state index in [2.05, 4.69) is 17.1 Å². The molecule has 1 saturated heterocycles. The summed E-state index contributed by atoms with van der Waals surface area (Å²) >= 11 is 0. The highest BCUT2D eigenvalue weighted by atomic mass is 16.2. The second kappa shape index (κ2) is 6.89. The van der Waals surface area contributed by atoms with E-state index in [1.807, 2.05) is 59.5 Å². The Balaban J connectivity index is 1.58. The van der Waals surface area contributed by atoms with Gasteiger partial charge in [-0.1, -0.05) is 54.6 Å². The minimum absolute atomic E-state index is 0.0688. The van der Waals surface area contributed by atoms with Crippen molar-refractivity contribution >= 4 is 22.9 Å². The van der Waals surface area contributed by atoms with E-state index >= 15 is 0 Å². The fraction of sp³-hybridized carbons (Fsp3) is 0.182. The van der Waals surface area contributed by atoms with Crippen molar-refractivity contribution in [3.05, 3.63) is 84.1 Å². The molecular formula is C22H20N2O. The van der Waals surface area contributed by atoms with Gasteiger partial charge in [0.25, 0.3) is 0 Å². The SMILES string of the molecule is O=C(/C=C/c1cccc2cccnc12)N1CCCC1c1ccccc1. The zero-order chi connectivity index (χ0) is 17.1. The van der Waals surface area contributed by atoms with Crippen molar-refractivity contribution in [3.8, 4) is 0 Å². The number of carbonyl (C=O) groups excluding carboxylic acids is 1. The van der Waals surface area contributed by atoms with Crippen LogP contribution < -0.4 is 0 Å². The van der Waals surface area contributed by atoms with Crippen LogP contribution in [0.15, 0.2) is 72.9 Å². The van der Waals surface area contributed by atoms with Crippen LogP contribution in [-0.4, -0.2) is 22.3 Å². The van der Waals surface area contributed by atoms with Crippen molar-refractivity contribution in [1.82, 2.24) is 9.88 Å². The molecule has 0 N–H and O–H groups in total. The Labute approximate surface area is 147 Å². The highest BCUT2D eigenvalue weighted by molar-refractivity contribution is 5.95. The van der Waals surface area contributed by atoms with E-state index in [0.717, 1.165) is 35.9 Å². The molecule has 4 rings (SSSR count). The number of hydrogen-bond donors (Lipinski definition) is 0. The number of carbonyl (C=O) groups is 1.